The summed E-state index contributed by atoms with van der Waals surface area (Å²) in [6.07, 6.45) is 2.00. The van der Waals surface area contributed by atoms with Crippen LogP contribution in [0.2, 0.25) is 0 Å². The van der Waals surface area contributed by atoms with Gasteiger partial charge in [0.05, 0.1) is 13.2 Å². The molecule has 0 rings (SSSR count). The van der Waals surface area contributed by atoms with Gasteiger partial charge in [0.2, 0.25) is 0 Å². The van der Waals surface area contributed by atoms with Gasteiger partial charge in [0.15, 0.2) is 0 Å². The first-order valence-corrected chi connectivity index (χ1v) is 3.15. The quantitative estimate of drug-likeness (QED) is 0.477. The standard InChI is InChI=1S/C7H11NO3/c1-3-4-6(5-9)8-7(10)11-2/h3,5-6H,1,4H2,2H3,(H,8,10). The number of alkyl carbamates (subject to hydrolysis) is 1. The zero-order valence-corrected chi connectivity index (χ0v) is 6.37. The molecule has 0 aliphatic rings. The summed E-state index contributed by atoms with van der Waals surface area (Å²) in [5, 5.41) is 2.32. The van der Waals surface area contributed by atoms with Crippen molar-refractivity contribution < 1.29 is 14.3 Å². The van der Waals surface area contributed by atoms with Gasteiger partial charge in [0.25, 0.3) is 0 Å². The van der Waals surface area contributed by atoms with Crippen LogP contribution >= 0.6 is 0 Å². The molecule has 1 amide bonds. The fraction of sp³-hybridized carbons (Fsp3) is 0.429. The Hall–Kier alpha value is -1.32. The highest BCUT2D eigenvalue weighted by Gasteiger charge is 2.07. The Balaban J connectivity index is 3.76. The number of hydrogen-bond acceptors (Lipinski definition) is 3. The van der Waals surface area contributed by atoms with E-state index in [4.69, 9.17) is 0 Å². The van der Waals surface area contributed by atoms with Gasteiger partial charge in [0, 0.05) is 0 Å². The second-order valence-electron chi connectivity index (χ2n) is 1.90. The lowest BCUT2D eigenvalue weighted by Crippen LogP contribution is -2.35. The molecule has 0 fully saturated rings. The maximum Gasteiger partial charge on any atom is 0.407 e. The van der Waals surface area contributed by atoms with Crippen LogP contribution in [-0.4, -0.2) is 25.5 Å². The second-order valence-corrected chi connectivity index (χ2v) is 1.90. The van der Waals surface area contributed by atoms with Crippen LogP contribution in [0.4, 0.5) is 4.79 Å². The molecule has 62 valence electrons. The number of nitrogens with one attached hydrogen (secondary N) is 1. The lowest BCUT2D eigenvalue weighted by atomic mass is 10.2. The van der Waals surface area contributed by atoms with E-state index in [9.17, 15) is 9.59 Å². The molecule has 1 atom stereocenters. The van der Waals surface area contributed by atoms with Crippen LogP contribution in [-0.2, 0) is 9.53 Å². The summed E-state index contributed by atoms with van der Waals surface area (Å²) in [5.74, 6) is 0. The van der Waals surface area contributed by atoms with Crippen LogP contribution in [0, 0.1) is 0 Å². The van der Waals surface area contributed by atoms with Gasteiger partial charge < -0.3 is 14.8 Å². The normalized spacial score (nSPS) is 11.4. The molecule has 0 aromatic heterocycles. The minimum Gasteiger partial charge on any atom is -0.453 e. The van der Waals surface area contributed by atoms with Gasteiger partial charge >= 0.3 is 6.09 Å². The zero-order valence-electron chi connectivity index (χ0n) is 6.37. The monoisotopic (exact) mass is 157 g/mol. The molecule has 0 heterocycles. The van der Waals surface area contributed by atoms with E-state index in [1.54, 1.807) is 6.08 Å². The zero-order chi connectivity index (χ0) is 8.69. The SMILES string of the molecule is C=CCC(C=O)NC(=O)OC. The third-order valence-corrected chi connectivity index (χ3v) is 1.07. The Morgan fingerprint density at radius 1 is 1.82 bits per heavy atom. The summed E-state index contributed by atoms with van der Waals surface area (Å²) < 4.78 is 4.29. The smallest absolute Gasteiger partial charge is 0.407 e. The highest BCUT2D eigenvalue weighted by atomic mass is 16.5. The van der Waals surface area contributed by atoms with Gasteiger partial charge in [-0.05, 0) is 6.42 Å². The molecule has 4 heteroatoms. The number of rotatable bonds is 4. The number of amides is 1. The molecule has 11 heavy (non-hydrogen) atoms. The van der Waals surface area contributed by atoms with Crippen molar-refractivity contribution in [2.75, 3.05) is 7.11 Å². The molecule has 1 N–H and O–H groups in total. The average Bonchev–Trinajstić information content (AvgIpc) is 2.03. The van der Waals surface area contributed by atoms with Crippen molar-refractivity contribution in [3.63, 3.8) is 0 Å². The minimum absolute atomic E-state index is 0.415. The fourth-order valence-corrected chi connectivity index (χ4v) is 0.538. The van der Waals surface area contributed by atoms with Crippen LogP contribution in [0.15, 0.2) is 12.7 Å². The summed E-state index contributed by atoms with van der Waals surface area (Å²) in [5.41, 5.74) is 0. The molecule has 0 aliphatic carbocycles. The second kappa shape index (κ2) is 5.46. The van der Waals surface area contributed by atoms with Crippen molar-refractivity contribution in [2.24, 2.45) is 0 Å². The van der Waals surface area contributed by atoms with Crippen LogP contribution < -0.4 is 5.32 Å². The molecule has 0 aliphatic heterocycles. The maximum absolute atomic E-state index is 10.5. The van der Waals surface area contributed by atoms with E-state index in [0.29, 0.717) is 12.7 Å². The van der Waals surface area contributed by atoms with Crippen LogP contribution in [0.3, 0.4) is 0 Å². The summed E-state index contributed by atoms with van der Waals surface area (Å²) in [6.45, 7) is 3.43. The summed E-state index contributed by atoms with van der Waals surface area (Å²) in [4.78, 5) is 20.8. The Kier molecular flexibility index (Phi) is 4.81. The van der Waals surface area contributed by atoms with E-state index in [1.807, 2.05) is 0 Å². The van der Waals surface area contributed by atoms with E-state index in [1.165, 1.54) is 7.11 Å². The predicted octanol–water partition coefficient (Wildman–Crippen LogP) is 0.486. The van der Waals surface area contributed by atoms with E-state index < -0.39 is 12.1 Å². The lowest BCUT2D eigenvalue weighted by Gasteiger charge is -2.07. The number of ether oxygens (including phenoxy) is 1. The van der Waals surface area contributed by atoms with Crippen molar-refractivity contribution in [3.8, 4) is 0 Å². The number of methoxy groups -OCH3 is 1. The predicted molar refractivity (Wildman–Crippen MR) is 40.2 cm³/mol. The largest absolute Gasteiger partial charge is 0.453 e. The molecule has 0 bridgehead atoms. The third kappa shape index (κ3) is 4.13. The number of carbonyl (C=O) groups excluding carboxylic acids is 2. The van der Waals surface area contributed by atoms with Crippen molar-refractivity contribution in [1.29, 1.82) is 0 Å². The molecule has 0 radical (unpaired) electrons. The van der Waals surface area contributed by atoms with Crippen molar-refractivity contribution in [2.45, 2.75) is 12.5 Å². The van der Waals surface area contributed by atoms with E-state index in [2.05, 4.69) is 16.6 Å². The highest BCUT2D eigenvalue weighted by Crippen LogP contribution is 1.88. The Morgan fingerprint density at radius 3 is 2.82 bits per heavy atom. The molecule has 4 nitrogen and oxygen atoms in total. The molecule has 0 saturated heterocycles. The number of aldehydes is 1. The molecule has 0 spiro atoms. The molecular weight excluding hydrogens is 146 g/mol. The van der Waals surface area contributed by atoms with Gasteiger partial charge in [0.1, 0.15) is 6.29 Å². The lowest BCUT2D eigenvalue weighted by molar-refractivity contribution is -0.109. The van der Waals surface area contributed by atoms with Gasteiger partial charge in [-0.1, -0.05) is 6.08 Å². The first-order chi connectivity index (χ1) is 5.24. The maximum atomic E-state index is 10.5. The van der Waals surface area contributed by atoms with E-state index >= 15 is 0 Å². The van der Waals surface area contributed by atoms with E-state index in [-0.39, 0.29) is 0 Å². The molecule has 0 aromatic rings. The van der Waals surface area contributed by atoms with E-state index in [0.717, 1.165) is 0 Å². The number of hydrogen-bond donors (Lipinski definition) is 1. The Bertz CT molecular complexity index is 156. The third-order valence-electron chi connectivity index (χ3n) is 1.07. The van der Waals surface area contributed by atoms with Crippen LogP contribution in [0.25, 0.3) is 0 Å². The topological polar surface area (TPSA) is 55.4 Å². The number of carbonyl (C=O) groups is 2. The van der Waals surface area contributed by atoms with Gasteiger partial charge in [-0.15, -0.1) is 6.58 Å². The molecule has 0 saturated carbocycles. The van der Waals surface area contributed by atoms with Crippen LogP contribution in [0.5, 0.6) is 0 Å². The fourth-order valence-electron chi connectivity index (χ4n) is 0.538. The Labute approximate surface area is 65.2 Å². The first-order valence-electron chi connectivity index (χ1n) is 3.15. The molecular formula is C7H11NO3. The Morgan fingerprint density at radius 2 is 2.45 bits per heavy atom. The van der Waals surface area contributed by atoms with Gasteiger partial charge in [-0.2, -0.15) is 0 Å². The minimum atomic E-state index is -0.607. The average molecular weight is 157 g/mol. The summed E-state index contributed by atoms with van der Waals surface area (Å²) in [7, 11) is 1.24. The molecule has 0 aromatic carbocycles. The van der Waals surface area contributed by atoms with Crippen molar-refractivity contribution in [3.05, 3.63) is 12.7 Å². The summed E-state index contributed by atoms with van der Waals surface area (Å²) >= 11 is 0. The van der Waals surface area contributed by atoms with Crippen molar-refractivity contribution >= 4 is 12.4 Å². The van der Waals surface area contributed by atoms with Gasteiger partial charge in [-0.3, -0.25) is 0 Å². The van der Waals surface area contributed by atoms with Crippen LogP contribution in [0.1, 0.15) is 6.42 Å². The summed E-state index contributed by atoms with van der Waals surface area (Å²) in [6, 6.07) is -0.528. The highest BCUT2D eigenvalue weighted by molar-refractivity contribution is 5.72. The van der Waals surface area contributed by atoms with Gasteiger partial charge in [-0.25, -0.2) is 4.79 Å². The molecule has 1 unspecified atom stereocenters. The van der Waals surface area contributed by atoms with Crippen molar-refractivity contribution in [1.82, 2.24) is 5.32 Å². The first kappa shape index (κ1) is 9.68.